The van der Waals surface area contributed by atoms with Crippen molar-refractivity contribution in [2.75, 3.05) is 13.1 Å². The lowest BCUT2D eigenvalue weighted by atomic mass is 10.1. The Morgan fingerprint density at radius 3 is 2.12 bits per heavy atom. The fourth-order valence-electron chi connectivity index (χ4n) is 2.55. The molecular weight excluding hydrogens is 208 g/mol. The lowest BCUT2D eigenvalue weighted by molar-refractivity contribution is 0.169. The summed E-state index contributed by atoms with van der Waals surface area (Å²) in [5.74, 6) is 0.784. The van der Waals surface area contributed by atoms with E-state index >= 15 is 0 Å². The van der Waals surface area contributed by atoms with E-state index in [4.69, 9.17) is 0 Å². The van der Waals surface area contributed by atoms with Crippen LogP contribution in [-0.4, -0.2) is 36.1 Å². The molecule has 0 spiro atoms. The first kappa shape index (κ1) is 15.0. The van der Waals surface area contributed by atoms with E-state index in [0.717, 1.165) is 18.5 Å². The summed E-state index contributed by atoms with van der Waals surface area (Å²) in [6, 6.07) is 2.28. The standard InChI is InChI=1S/C15H32N2/c1-6-14(7-2)16-10-13(5)17(11-12(3)4)15-8-9-15/h12-16H,6-11H2,1-5H3. The van der Waals surface area contributed by atoms with Crippen molar-refractivity contribution in [3.63, 3.8) is 0 Å². The summed E-state index contributed by atoms with van der Waals surface area (Å²) in [6.45, 7) is 14.0. The van der Waals surface area contributed by atoms with Gasteiger partial charge in [0.25, 0.3) is 0 Å². The van der Waals surface area contributed by atoms with Gasteiger partial charge in [-0.3, -0.25) is 4.90 Å². The SMILES string of the molecule is CCC(CC)NCC(C)N(CC(C)C)C1CC1. The van der Waals surface area contributed by atoms with Crippen molar-refractivity contribution >= 4 is 0 Å². The summed E-state index contributed by atoms with van der Waals surface area (Å²) < 4.78 is 0. The molecule has 0 heterocycles. The highest BCUT2D eigenvalue weighted by molar-refractivity contribution is 4.88. The van der Waals surface area contributed by atoms with Crippen LogP contribution in [0.5, 0.6) is 0 Å². The molecule has 0 aliphatic heterocycles. The molecule has 0 aromatic carbocycles. The topological polar surface area (TPSA) is 15.3 Å². The second kappa shape index (κ2) is 7.38. The molecule has 1 N–H and O–H groups in total. The molecular formula is C15H32N2. The molecule has 0 aromatic heterocycles. The Labute approximate surface area is 108 Å². The second-order valence-corrected chi connectivity index (χ2v) is 6.09. The third kappa shape index (κ3) is 5.39. The van der Waals surface area contributed by atoms with E-state index in [1.807, 2.05) is 0 Å². The zero-order valence-corrected chi connectivity index (χ0v) is 12.5. The number of hydrogen-bond acceptors (Lipinski definition) is 2. The van der Waals surface area contributed by atoms with Gasteiger partial charge in [-0.25, -0.2) is 0 Å². The van der Waals surface area contributed by atoms with E-state index in [1.165, 1.54) is 32.2 Å². The molecule has 0 radical (unpaired) electrons. The predicted molar refractivity (Wildman–Crippen MR) is 76.4 cm³/mol. The zero-order chi connectivity index (χ0) is 12.8. The molecule has 0 bridgehead atoms. The average molecular weight is 240 g/mol. The van der Waals surface area contributed by atoms with Crippen LogP contribution in [0, 0.1) is 5.92 Å². The summed E-state index contributed by atoms with van der Waals surface area (Å²) in [5, 5.41) is 3.71. The lowest BCUT2D eigenvalue weighted by Crippen LogP contribution is -2.45. The molecule has 1 aliphatic rings. The van der Waals surface area contributed by atoms with Gasteiger partial charge in [0.05, 0.1) is 0 Å². The van der Waals surface area contributed by atoms with Gasteiger partial charge in [0, 0.05) is 31.2 Å². The third-order valence-electron chi connectivity index (χ3n) is 3.85. The van der Waals surface area contributed by atoms with Crippen molar-refractivity contribution < 1.29 is 0 Å². The third-order valence-corrected chi connectivity index (χ3v) is 3.85. The van der Waals surface area contributed by atoms with Gasteiger partial charge < -0.3 is 5.32 Å². The van der Waals surface area contributed by atoms with Crippen LogP contribution in [-0.2, 0) is 0 Å². The summed E-state index contributed by atoms with van der Waals surface area (Å²) in [7, 11) is 0. The van der Waals surface area contributed by atoms with Gasteiger partial charge in [-0.2, -0.15) is 0 Å². The van der Waals surface area contributed by atoms with Gasteiger partial charge in [-0.1, -0.05) is 27.7 Å². The maximum atomic E-state index is 3.71. The van der Waals surface area contributed by atoms with Crippen LogP contribution < -0.4 is 5.32 Å². The Hall–Kier alpha value is -0.0800. The van der Waals surface area contributed by atoms with Crippen LogP contribution in [0.1, 0.15) is 60.3 Å². The van der Waals surface area contributed by atoms with Crippen molar-refractivity contribution in [1.82, 2.24) is 10.2 Å². The first-order chi connectivity index (χ1) is 8.08. The highest BCUT2D eigenvalue weighted by Crippen LogP contribution is 2.29. The van der Waals surface area contributed by atoms with E-state index in [1.54, 1.807) is 0 Å². The van der Waals surface area contributed by atoms with Gasteiger partial charge in [0.15, 0.2) is 0 Å². The molecule has 1 unspecified atom stereocenters. The first-order valence-electron chi connectivity index (χ1n) is 7.57. The van der Waals surface area contributed by atoms with Gasteiger partial charge in [0.2, 0.25) is 0 Å². The van der Waals surface area contributed by atoms with Gasteiger partial charge in [0.1, 0.15) is 0 Å². The molecule has 17 heavy (non-hydrogen) atoms. The van der Waals surface area contributed by atoms with Gasteiger partial charge >= 0.3 is 0 Å². The summed E-state index contributed by atoms with van der Waals surface area (Å²) in [4.78, 5) is 2.72. The lowest BCUT2D eigenvalue weighted by Gasteiger charge is -2.32. The minimum absolute atomic E-state index is 0.686. The van der Waals surface area contributed by atoms with Crippen LogP contribution in [0.2, 0.25) is 0 Å². The normalized spacial score (nSPS) is 18.4. The summed E-state index contributed by atoms with van der Waals surface area (Å²) in [5.41, 5.74) is 0. The molecule has 1 atom stereocenters. The minimum Gasteiger partial charge on any atom is -0.312 e. The van der Waals surface area contributed by atoms with Gasteiger partial charge in [-0.15, -0.1) is 0 Å². The molecule has 1 rings (SSSR count). The Bertz CT molecular complexity index is 195. The van der Waals surface area contributed by atoms with Gasteiger partial charge in [-0.05, 0) is 38.5 Å². The van der Waals surface area contributed by atoms with Crippen LogP contribution in [0.4, 0.5) is 0 Å². The smallest absolute Gasteiger partial charge is 0.0195 e. The maximum Gasteiger partial charge on any atom is 0.0195 e. The maximum absolute atomic E-state index is 3.71. The highest BCUT2D eigenvalue weighted by Gasteiger charge is 2.32. The van der Waals surface area contributed by atoms with Crippen molar-refractivity contribution in [3.05, 3.63) is 0 Å². The van der Waals surface area contributed by atoms with E-state index in [9.17, 15) is 0 Å². The van der Waals surface area contributed by atoms with Crippen molar-refractivity contribution in [2.45, 2.75) is 78.4 Å². The van der Waals surface area contributed by atoms with Crippen LogP contribution in [0.25, 0.3) is 0 Å². The quantitative estimate of drug-likeness (QED) is 0.665. The largest absolute Gasteiger partial charge is 0.312 e. The fraction of sp³-hybridized carbons (Fsp3) is 1.00. The Balaban J connectivity index is 2.34. The van der Waals surface area contributed by atoms with Crippen molar-refractivity contribution in [3.8, 4) is 0 Å². The fourth-order valence-corrected chi connectivity index (χ4v) is 2.55. The Morgan fingerprint density at radius 1 is 1.12 bits per heavy atom. The summed E-state index contributed by atoms with van der Waals surface area (Å²) in [6.07, 6.45) is 5.33. The van der Waals surface area contributed by atoms with E-state index in [-0.39, 0.29) is 0 Å². The predicted octanol–water partition coefficient (Wildman–Crippen LogP) is 3.27. The van der Waals surface area contributed by atoms with Crippen molar-refractivity contribution in [1.29, 1.82) is 0 Å². The monoisotopic (exact) mass is 240 g/mol. The summed E-state index contributed by atoms with van der Waals surface area (Å²) >= 11 is 0. The molecule has 1 fully saturated rings. The van der Waals surface area contributed by atoms with Crippen LogP contribution in [0.15, 0.2) is 0 Å². The number of nitrogens with one attached hydrogen (secondary N) is 1. The molecule has 0 amide bonds. The molecule has 1 aliphatic carbocycles. The molecule has 2 heteroatoms. The van der Waals surface area contributed by atoms with Crippen LogP contribution in [0.3, 0.4) is 0 Å². The van der Waals surface area contributed by atoms with Crippen molar-refractivity contribution in [2.24, 2.45) is 5.92 Å². The zero-order valence-electron chi connectivity index (χ0n) is 12.5. The molecule has 0 aromatic rings. The Morgan fingerprint density at radius 2 is 1.71 bits per heavy atom. The molecule has 2 nitrogen and oxygen atoms in total. The van der Waals surface area contributed by atoms with E-state index < -0.39 is 0 Å². The Kier molecular flexibility index (Phi) is 6.50. The van der Waals surface area contributed by atoms with Crippen LogP contribution >= 0.6 is 0 Å². The number of hydrogen-bond donors (Lipinski definition) is 1. The van der Waals surface area contributed by atoms with E-state index in [2.05, 4.69) is 44.8 Å². The second-order valence-electron chi connectivity index (χ2n) is 6.09. The number of nitrogens with zero attached hydrogens (tertiary/aromatic N) is 1. The molecule has 102 valence electrons. The van der Waals surface area contributed by atoms with E-state index in [0.29, 0.717) is 12.1 Å². The first-order valence-corrected chi connectivity index (χ1v) is 7.57. The molecule has 1 saturated carbocycles. The number of rotatable bonds is 9. The highest BCUT2D eigenvalue weighted by atomic mass is 15.2. The molecule has 0 saturated heterocycles. The minimum atomic E-state index is 0.686. The average Bonchev–Trinajstić information content (AvgIpc) is 3.10.